The summed E-state index contributed by atoms with van der Waals surface area (Å²) < 4.78 is 19.5. The van der Waals surface area contributed by atoms with Gasteiger partial charge in [-0.2, -0.15) is 0 Å². The van der Waals surface area contributed by atoms with Crippen molar-refractivity contribution >= 4 is 23.2 Å². The van der Waals surface area contributed by atoms with E-state index in [4.69, 9.17) is 4.74 Å². The van der Waals surface area contributed by atoms with E-state index in [1.54, 1.807) is 23.1 Å². The van der Waals surface area contributed by atoms with Gasteiger partial charge < -0.3 is 19.9 Å². The van der Waals surface area contributed by atoms with E-state index < -0.39 is 11.9 Å². The number of nitrogens with zero attached hydrogens (tertiary/aromatic N) is 1. The predicted octanol–water partition coefficient (Wildman–Crippen LogP) is 5.56. The number of H-pyrrole nitrogens is 1. The Balaban J connectivity index is 1.49. The van der Waals surface area contributed by atoms with E-state index in [0.717, 1.165) is 29.0 Å². The van der Waals surface area contributed by atoms with Crippen LogP contribution in [0.15, 0.2) is 84.2 Å². The molecule has 0 spiro atoms. The van der Waals surface area contributed by atoms with Crippen molar-refractivity contribution in [3.8, 4) is 11.3 Å². The van der Waals surface area contributed by atoms with Crippen LogP contribution in [0.25, 0.3) is 11.3 Å². The van der Waals surface area contributed by atoms with Crippen LogP contribution in [0.5, 0.6) is 0 Å². The van der Waals surface area contributed by atoms with Gasteiger partial charge in [-0.25, -0.2) is 4.39 Å². The zero-order chi connectivity index (χ0) is 25.6. The molecule has 2 aromatic carbocycles. The Morgan fingerprint density at radius 2 is 1.86 bits per heavy atom. The Labute approximate surface area is 219 Å². The summed E-state index contributed by atoms with van der Waals surface area (Å²) in [5.74, 6) is -1.06. The van der Waals surface area contributed by atoms with E-state index in [9.17, 15) is 14.0 Å². The maximum Gasteiger partial charge on any atom is 0.271 e. The number of nitrogens with one attached hydrogen (secondary N) is 2. The molecule has 2 amide bonds. The highest BCUT2D eigenvalue weighted by Crippen LogP contribution is 2.28. The van der Waals surface area contributed by atoms with Crippen LogP contribution in [0.4, 0.5) is 4.39 Å². The molecule has 0 radical (unpaired) electrons. The smallest absolute Gasteiger partial charge is 0.271 e. The summed E-state index contributed by atoms with van der Waals surface area (Å²) in [7, 11) is 0. The molecule has 5 rings (SSSR count). The van der Waals surface area contributed by atoms with Gasteiger partial charge in [-0.05, 0) is 59.7 Å². The molecule has 6 nitrogen and oxygen atoms in total. The third-order valence-corrected chi connectivity index (χ3v) is 7.30. The monoisotopic (exact) mass is 517 g/mol. The van der Waals surface area contributed by atoms with Crippen LogP contribution in [0.3, 0.4) is 0 Å². The molecule has 0 aliphatic carbocycles. The minimum absolute atomic E-state index is 0.0453. The Hall–Kier alpha value is -3.75. The fourth-order valence-corrected chi connectivity index (χ4v) is 5.25. The summed E-state index contributed by atoms with van der Waals surface area (Å²) in [4.78, 5) is 33.3. The number of thiophene rings is 1. The highest BCUT2D eigenvalue weighted by Gasteiger charge is 2.33. The van der Waals surface area contributed by atoms with Crippen molar-refractivity contribution in [2.75, 3.05) is 13.2 Å². The van der Waals surface area contributed by atoms with Crippen molar-refractivity contribution in [3.63, 3.8) is 0 Å². The maximum atomic E-state index is 14.0. The molecule has 1 aliphatic heterocycles. The molecule has 2 N–H and O–H groups in total. The topological polar surface area (TPSA) is 74.4 Å². The summed E-state index contributed by atoms with van der Waals surface area (Å²) in [5, 5.41) is 4.91. The SMILES string of the molecule is O=C(NC[C@@H]1CCCO1)[C@@H](c1ccc(F)cc1)N(Cc1cccs1)C(=O)c1ccc(-c2ccccc2)[nH]1. The van der Waals surface area contributed by atoms with Crippen molar-refractivity contribution < 1.29 is 18.7 Å². The summed E-state index contributed by atoms with van der Waals surface area (Å²) in [5.41, 5.74) is 2.66. The third kappa shape index (κ3) is 5.98. The number of hydrogen-bond acceptors (Lipinski definition) is 4. The Kier molecular flexibility index (Phi) is 7.77. The van der Waals surface area contributed by atoms with E-state index >= 15 is 0 Å². The normalized spacial score (nSPS) is 15.9. The van der Waals surface area contributed by atoms with Crippen molar-refractivity contribution in [3.05, 3.63) is 106 Å². The van der Waals surface area contributed by atoms with Crippen LogP contribution in [0, 0.1) is 5.82 Å². The highest BCUT2D eigenvalue weighted by molar-refractivity contribution is 7.09. The standard InChI is InChI=1S/C29H28FN3O3S/c30-22-12-10-21(11-13-22)27(28(34)31-18-23-8-4-16-36-23)33(19-24-9-5-17-37-24)29(35)26-15-14-25(32-26)20-6-2-1-3-7-20/h1-3,5-7,9-15,17,23,27,32H,4,8,16,18-19H2,(H,31,34)/t23-,27+/m0/s1. The van der Waals surface area contributed by atoms with Gasteiger partial charge >= 0.3 is 0 Å². The van der Waals surface area contributed by atoms with Gasteiger partial charge in [-0.1, -0.05) is 48.5 Å². The van der Waals surface area contributed by atoms with Crippen LogP contribution in [0.2, 0.25) is 0 Å². The molecule has 1 aliphatic rings. The molecule has 190 valence electrons. The van der Waals surface area contributed by atoms with Gasteiger partial charge in [0.25, 0.3) is 5.91 Å². The Morgan fingerprint density at radius 1 is 1.05 bits per heavy atom. The van der Waals surface area contributed by atoms with Crippen LogP contribution in [-0.2, 0) is 16.1 Å². The van der Waals surface area contributed by atoms with Gasteiger partial charge in [-0.3, -0.25) is 9.59 Å². The zero-order valence-corrected chi connectivity index (χ0v) is 21.0. The van der Waals surface area contributed by atoms with Gasteiger partial charge in [0.05, 0.1) is 12.6 Å². The lowest BCUT2D eigenvalue weighted by atomic mass is 10.0. The lowest BCUT2D eigenvalue weighted by Gasteiger charge is -2.31. The number of aromatic amines is 1. The van der Waals surface area contributed by atoms with Crippen molar-refractivity contribution in [2.45, 2.75) is 31.5 Å². The molecule has 3 heterocycles. The molecule has 0 bridgehead atoms. The average molecular weight is 518 g/mol. The fraction of sp³-hybridized carbons (Fsp3) is 0.241. The first-order valence-corrected chi connectivity index (χ1v) is 13.2. The summed E-state index contributed by atoms with van der Waals surface area (Å²) in [6.07, 6.45) is 1.79. The predicted molar refractivity (Wildman–Crippen MR) is 142 cm³/mol. The minimum Gasteiger partial charge on any atom is -0.376 e. The van der Waals surface area contributed by atoms with Crippen molar-refractivity contribution in [1.29, 1.82) is 0 Å². The zero-order valence-electron chi connectivity index (χ0n) is 20.2. The molecule has 8 heteroatoms. The van der Waals surface area contributed by atoms with E-state index in [-0.39, 0.29) is 24.5 Å². The minimum atomic E-state index is -0.958. The van der Waals surface area contributed by atoms with E-state index in [2.05, 4.69) is 10.3 Å². The second-order valence-electron chi connectivity index (χ2n) is 9.00. The number of rotatable bonds is 9. The summed E-state index contributed by atoms with van der Waals surface area (Å²) in [6.45, 7) is 1.27. The highest BCUT2D eigenvalue weighted by atomic mass is 32.1. The van der Waals surface area contributed by atoms with Gasteiger partial charge in [0.1, 0.15) is 17.6 Å². The quantitative estimate of drug-likeness (QED) is 0.305. The van der Waals surface area contributed by atoms with Crippen molar-refractivity contribution in [1.82, 2.24) is 15.2 Å². The van der Waals surface area contributed by atoms with Gasteiger partial charge in [0.2, 0.25) is 5.91 Å². The summed E-state index contributed by atoms with van der Waals surface area (Å²) in [6, 6.07) is 21.9. The molecule has 0 saturated carbocycles. The van der Waals surface area contributed by atoms with E-state index in [1.165, 1.54) is 23.5 Å². The second kappa shape index (κ2) is 11.5. The number of amides is 2. The molecule has 2 atom stereocenters. The maximum absolute atomic E-state index is 14.0. The van der Waals surface area contributed by atoms with E-state index in [0.29, 0.717) is 24.4 Å². The number of aromatic nitrogens is 1. The fourth-order valence-electron chi connectivity index (χ4n) is 4.55. The summed E-state index contributed by atoms with van der Waals surface area (Å²) >= 11 is 1.51. The molecule has 2 aromatic heterocycles. The van der Waals surface area contributed by atoms with Crippen LogP contribution in [-0.4, -0.2) is 41.0 Å². The molecule has 1 saturated heterocycles. The molecular weight excluding hydrogens is 489 g/mol. The largest absolute Gasteiger partial charge is 0.376 e. The third-order valence-electron chi connectivity index (χ3n) is 6.44. The van der Waals surface area contributed by atoms with Gasteiger partial charge in [0.15, 0.2) is 0 Å². The lowest BCUT2D eigenvalue weighted by molar-refractivity contribution is -0.126. The molecule has 0 unspecified atom stereocenters. The van der Waals surface area contributed by atoms with Gasteiger partial charge in [0, 0.05) is 23.7 Å². The number of carbonyl (C=O) groups excluding carboxylic acids is 2. The number of halogens is 1. The molecule has 37 heavy (non-hydrogen) atoms. The van der Waals surface area contributed by atoms with Crippen LogP contribution >= 0.6 is 11.3 Å². The number of benzene rings is 2. The number of ether oxygens (including phenoxy) is 1. The van der Waals surface area contributed by atoms with Crippen LogP contribution < -0.4 is 5.32 Å². The lowest BCUT2D eigenvalue weighted by Crippen LogP contribution is -2.45. The Bertz CT molecular complexity index is 1320. The van der Waals surface area contributed by atoms with Crippen LogP contribution in [0.1, 0.15) is 39.8 Å². The number of hydrogen-bond donors (Lipinski definition) is 2. The molecule has 4 aromatic rings. The molecular formula is C29H28FN3O3S. The first kappa shape index (κ1) is 24.9. The Morgan fingerprint density at radius 3 is 2.57 bits per heavy atom. The first-order valence-electron chi connectivity index (χ1n) is 12.3. The van der Waals surface area contributed by atoms with Crippen molar-refractivity contribution in [2.24, 2.45) is 0 Å². The molecule has 1 fully saturated rings. The van der Waals surface area contributed by atoms with E-state index in [1.807, 2.05) is 53.9 Å². The second-order valence-corrected chi connectivity index (χ2v) is 10.0. The first-order chi connectivity index (χ1) is 18.1. The van der Waals surface area contributed by atoms with Gasteiger partial charge in [-0.15, -0.1) is 11.3 Å². The average Bonchev–Trinajstić information content (AvgIpc) is 3.72. The number of carbonyl (C=O) groups is 2.